The van der Waals surface area contributed by atoms with Crippen molar-refractivity contribution in [3.63, 3.8) is 0 Å². The molecule has 1 amide bonds. The van der Waals surface area contributed by atoms with Crippen molar-refractivity contribution in [2.45, 2.75) is 6.04 Å². The number of rotatable bonds is 3. The number of Topliss-reactive ketones (excluding diaryl/α,β-unsaturated/α-hetero) is 1. The molecular weight excluding hydrogens is 369 g/mol. The van der Waals surface area contributed by atoms with E-state index < -0.39 is 23.5 Å². The average molecular weight is 381 g/mol. The van der Waals surface area contributed by atoms with Gasteiger partial charge in [-0.1, -0.05) is 53.8 Å². The lowest BCUT2D eigenvalue weighted by atomic mass is 9.95. The maximum absolute atomic E-state index is 13.4. The number of benzene rings is 2. The predicted octanol–water partition coefficient (Wildman–Crippen LogP) is 3.30. The maximum Gasteiger partial charge on any atom is 0.301 e. The molecule has 1 aliphatic rings. The monoisotopic (exact) mass is 381 g/mol. The molecule has 1 atom stereocenters. The predicted molar refractivity (Wildman–Crippen MR) is 97.5 cm³/mol. The van der Waals surface area contributed by atoms with E-state index in [0.29, 0.717) is 11.1 Å². The van der Waals surface area contributed by atoms with Crippen molar-refractivity contribution in [2.75, 3.05) is 4.90 Å². The van der Waals surface area contributed by atoms with E-state index >= 15 is 0 Å². The number of anilines is 1. The molecule has 0 bridgehead atoms. The molecule has 1 saturated heterocycles. The van der Waals surface area contributed by atoms with E-state index in [1.54, 1.807) is 30.3 Å². The number of aliphatic hydroxyl groups excluding tert-OH is 1. The molecule has 1 N–H and O–H groups in total. The molecule has 2 heterocycles. The minimum Gasteiger partial charge on any atom is -0.507 e. The number of aliphatic hydroxyl groups is 1. The van der Waals surface area contributed by atoms with Gasteiger partial charge in [0.15, 0.2) is 0 Å². The van der Waals surface area contributed by atoms with E-state index in [1.807, 2.05) is 0 Å². The molecule has 0 spiro atoms. The molecular formula is C19H12FN3O3S. The molecule has 27 heavy (non-hydrogen) atoms. The zero-order valence-electron chi connectivity index (χ0n) is 13.7. The van der Waals surface area contributed by atoms with Crippen molar-refractivity contribution in [1.29, 1.82) is 0 Å². The number of hydrogen-bond acceptors (Lipinski definition) is 6. The first-order valence-corrected chi connectivity index (χ1v) is 8.84. The van der Waals surface area contributed by atoms with Gasteiger partial charge in [-0.05, 0) is 17.7 Å². The SMILES string of the molecule is O=C1C(=O)N(c2nncs2)C(c2ccc(F)cc2)/C1=C(/O)c1ccccc1. The Morgan fingerprint density at radius 3 is 2.41 bits per heavy atom. The van der Waals surface area contributed by atoms with E-state index in [2.05, 4.69) is 10.2 Å². The summed E-state index contributed by atoms with van der Waals surface area (Å²) in [5.41, 5.74) is 2.24. The quantitative estimate of drug-likeness (QED) is 0.428. The van der Waals surface area contributed by atoms with Gasteiger partial charge in [0.25, 0.3) is 5.78 Å². The van der Waals surface area contributed by atoms with Gasteiger partial charge in [0.05, 0.1) is 11.6 Å². The summed E-state index contributed by atoms with van der Waals surface area (Å²) in [7, 11) is 0. The molecule has 1 fully saturated rings. The molecule has 6 nitrogen and oxygen atoms in total. The van der Waals surface area contributed by atoms with Gasteiger partial charge in [0.2, 0.25) is 5.13 Å². The highest BCUT2D eigenvalue weighted by atomic mass is 32.1. The third-order valence-corrected chi connectivity index (χ3v) is 4.92. The topological polar surface area (TPSA) is 83.4 Å². The van der Waals surface area contributed by atoms with Gasteiger partial charge in [-0.3, -0.25) is 14.5 Å². The molecule has 0 radical (unpaired) electrons. The van der Waals surface area contributed by atoms with Crippen molar-refractivity contribution in [3.05, 3.63) is 82.6 Å². The summed E-state index contributed by atoms with van der Waals surface area (Å²) in [6, 6.07) is 12.9. The van der Waals surface area contributed by atoms with Crippen LogP contribution in [0.25, 0.3) is 5.76 Å². The van der Waals surface area contributed by atoms with Gasteiger partial charge in [0.1, 0.15) is 17.1 Å². The Bertz CT molecular complexity index is 1030. The summed E-state index contributed by atoms with van der Waals surface area (Å²) >= 11 is 1.09. The summed E-state index contributed by atoms with van der Waals surface area (Å²) in [6.07, 6.45) is 0. The minimum atomic E-state index is -0.932. The van der Waals surface area contributed by atoms with Crippen LogP contribution in [0.1, 0.15) is 17.2 Å². The van der Waals surface area contributed by atoms with E-state index in [4.69, 9.17) is 0 Å². The molecule has 3 aromatic rings. The Kier molecular flexibility index (Phi) is 4.25. The molecule has 0 saturated carbocycles. The van der Waals surface area contributed by atoms with Crippen LogP contribution in [0.4, 0.5) is 9.52 Å². The molecule has 0 aliphatic carbocycles. The smallest absolute Gasteiger partial charge is 0.301 e. The van der Waals surface area contributed by atoms with E-state index in [0.717, 1.165) is 11.3 Å². The summed E-state index contributed by atoms with van der Waals surface area (Å²) in [6.45, 7) is 0. The van der Waals surface area contributed by atoms with Crippen LogP contribution >= 0.6 is 11.3 Å². The minimum absolute atomic E-state index is 0.0759. The number of halogens is 1. The van der Waals surface area contributed by atoms with Crippen molar-refractivity contribution in [3.8, 4) is 0 Å². The third-order valence-electron chi connectivity index (χ3n) is 4.23. The van der Waals surface area contributed by atoms with Gasteiger partial charge in [-0.2, -0.15) is 0 Å². The zero-order chi connectivity index (χ0) is 19.0. The molecule has 4 rings (SSSR count). The van der Waals surface area contributed by atoms with E-state index in [9.17, 15) is 19.1 Å². The Hall–Kier alpha value is -3.39. The second kappa shape index (κ2) is 6.73. The summed E-state index contributed by atoms with van der Waals surface area (Å²) in [4.78, 5) is 26.6. The Labute approximate surface area is 157 Å². The molecule has 1 aromatic heterocycles. The van der Waals surface area contributed by atoms with Gasteiger partial charge < -0.3 is 5.11 Å². The lowest BCUT2D eigenvalue weighted by molar-refractivity contribution is -0.132. The molecule has 2 aromatic carbocycles. The van der Waals surface area contributed by atoms with Crippen LogP contribution in [0.3, 0.4) is 0 Å². The number of hydrogen-bond donors (Lipinski definition) is 1. The first-order chi connectivity index (χ1) is 13.1. The Morgan fingerprint density at radius 2 is 1.78 bits per heavy atom. The highest BCUT2D eigenvalue weighted by Crippen LogP contribution is 2.42. The summed E-state index contributed by atoms with van der Waals surface area (Å²) in [5, 5.41) is 18.6. The fourth-order valence-electron chi connectivity index (χ4n) is 3.01. The zero-order valence-corrected chi connectivity index (χ0v) is 14.6. The van der Waals surface area contributed by atoms with Crippen molar-refractivity contribution >= 4 is 33.9 Å². The van der Waals surface area contributed by atoms with Crippen LogP contribution in [0.5, 0.6) is 0 Å². The lowest BCUT2D eigenvalue weighted by Gasteiger charge is -2.22. The molecule has 8 heteroatoms. The van der Waals surface area contributed by atoms with Crippen LogP contribution in [0, 0.1) is 5.82 Å². The number of aromatic nitrogens is 2. The highest BCUT2D eigenvalue weighted by molar-refractivity contribution is 7.13. The Balaban J connectivity index is 1.94. The third kappa shape index (κ3) is 2.89. The van der Waals surface area contributed by atoms with Crippen LogP contribution in [0.15, 0.2) is 65.7 Å². The molecule has 1 aliphatic heterocycles. The van der Waals surface area contributed by atoms with Crippen molar-refractivity contribution in [2.24, 2.45) is 0 Å². The Morgan fingerprint density at radius 1 is 1.07 bits per heavy atom. The fraction of sp³-hybridized carbons (Fsp3) is 0.0526. The van der Waals surface area contributed by atoms with Gasteiger partial charge in [0, 0.05) is 5.56 Å². The van der Waals surface area contributed by atoms with Crippen LogP contribution in [-0.4, -0.2) is 27.0 Å². The number of amides is 1. The molecule has 1 unspecified atom stereocenters. The summed E-state index contributed by atoms with van der Waals surface area (Å²) in [5.74, 6) is -2.40. The van der Waals surface area contributed by atoms with Gasteiger partial charge in [-0.15, -0.1) is 10.2 Å². The maximum atomic E-state index is 13.4. The number of ketones is 1. The number of nitrogens with zero attached hydrogens (tertiary/aromatic N) is 3. The van der Waals surface area contributed by atoms with E-state index in [-0.39, 0.29) is 16.5 Å². The van der Waals surface area contributed by atoms with Crippen LogP contribution in [0.2, 0.25) is 0 Å². The van der Waals surface area contributed by atoms with Crippen molar-refractivity contribution in [1.82, 2.24) is 10.2 Å². The molecule has 134 valence electrons. The standard InChI is InChI=1S/C19H12FN3O3S/c20-13-8-6-11(7-9-13)15-14(16(24)12-4-2-1-3-5-12)17(25)18(26)23(15)19-22-21-10-27-19/h1-10,15,24H/b16-14-. The second-order valence-corrected chi connectivity index (χ2v) is 6.62. The van der Waals surface area contributed by atoms with Gasteiger partial charge >= 0.3 is 5.91 Å². The lowest BCUT2D eigenvalue weighted by Crippen LogP contribution is -2.29. The summed E-state index contributed by atoms with van der Waals surface area (Å²) < 4.78 is 13.4. The van der Waals surface area contributed by atoms with E-state index in [1.165, 1.54) is 34.7 Å². The van der Waals surface area contributed by atoms with Crippen LogP contribution < -0.4 is 4.90 Å². The van der Waals surface area contributed by atoms with Crippen LogP contribution in [-0.2, 0) is 9.59 Å². The number of carbonyl (C=O) groups excluding carboxylic acids is 2. The largest absolute Gasteiger partial charge is 0.507 e. The number of carbonyl (C=O) groups is 2. The fourth-order valence-corrected chi connectivity index (χ4v) is 3.60. The van der Waals surface area contributed by atoms with Crippen molar-refractivity contribution < 1.29 is 19.1 Å². The van der Waals surface area contributed by atoms with Gasteiger partial charge in [-0.25, -0.2) is 4.39 Å². The second-order valence-electron chi connectivity index (χ2n) is 5.81. The normalized spacial score (nSPS) is 18.9. The first-order valence-electron chi connectivity index (χ1n) is 7.96. The average Bonchev–Trinajstić information content (AvgIpc) is 3.30. The first kappa shape index (κ1) is 17.0. The highest BCUT2D eigenvalue weighted by Gasteiger charge is 2.48.